The Morgan fingerprint density at radius 2 is 0.902 bits per heavy atom. The third-order valence-electron chi connectivity index (χ3n) is 7.82. The largest absolute Gasteiger partial charge is 0.480 e. The van der Waals surface area contributed by atoms with E-state index in [1.165, 1.54) is 38.2 Å². The van der Waals surface area contributed by atoms with E-state index >= 15 is 0 Å². The Morgan fingerprint density at radius 3 is 1.16 bits per heavy atom. The van der Waals surface area contributed by atoms with Crippen LogP contribution in [0.25, 0.3) is 0 Å². The number of nitrogens with zero attached hydrogens (tertiary/aromatic N) is 2. The van der Waals surface area contributed by atoms with Gasteiger partial charge in [0.1, 0.15) is 17.6 Å². The molecular weight excluding hydrogens is 867 g/mol. The Kier molecular flexibility index (Phi) is 50.3. The first-order valence-corrected chi connectivity index (χ1v) is 23.4. The quantitative estimate of drug-likeness (QED) is 0.0415. The zero-order valence-electron chi connectivity index (χ0n) is 33.9. The van der Waals surface area contributed by atoms with E-state index in [2.05, 4.69) is 34.2 Å². The molecule has 18 nitrogen and oxygen atoms in total. The zero-order chi connectivity index (χ0) is 45.1. The molecule has 2 heterocycles. The van der Waals surface area contributed by atoms with Gasteiger partial charge in [0.05, 0.1) is 12.1 Å². The van der Waals surface area contributed by atoms with Crippen LogP contribution in [0.3, 0.4) is 0 Å². The van der Waals surface area contributed by atoms with Gasteiger partial charge in [0.15, 0.2) is 0 Å². The number of Topliss-reactive ketones (excluding diaryl/α,β-unsaturated/α-hetero) is 2. The van der Waals surface area contributed by atoms with Crippen LogP contribution in [-0.2, 0) is 66.8 Å². The van der Waals surface area contributed by atoms with Crippen molar-refractivity contribution < 1.29 is 48.3 Å². The summed E-state index contributed by atoms with van der Waals surface area (Å²) in [5.74, 6) is -3.05. The molecule has 0 saturated carbocycles. The highest BCUT2D eigenvalue weighted by Crippen LogP contribution is 2.10. The van der Waals surface area contributed by atoms with E-state index < -0.39 is 29.9 Å². The second-order valence-electron chi connectivity index (χ2n) is 12.3. The van der Waals surface area contributed by atoms with E-state index in [1.807, 2.05) is 13.8 Å². The normalized spacial score (nSPS) is 13.4. The molecule has 2 aliphatic rings. The summed E-state index contributed by atoms with van der Waals surface area (Å²) in [5.41, 5.74) is 21.7. The van der Waals surface area contributed by atoms with Gasteiger partial charge in [-0.25, -0.2) is 0 Å². The Hall–Kier alpha value is -3.61. The van der Waals surface area contributed by atoms with Gasteiger partial charge in [0.25, 0.3) is 23.6 Å². The van der Waals surface area contributed by atoms with Crippen molar-refractivity contribution in [1.82, 2.24) is 20.4 Å². The van der Waals surface area contributed by atoms with Crippen molar-refractivity contribution in [3.8, 4) is 0 Å². The summed E-state index contributed by atoms with van der Waals surface area (Å²) in [6.45, 7) is 8.71. The first-order valence-electron chi connectivity index (χ1n) is 18.9. The van der Waals surface area contributed by atoms with Crippen LogP contribution >= 0.6 is 14.1 Å². The van der Waals surface area contributed by atoms with Crippen LogP contribution in [0.4, 0.5) is 0 Å². The molecule has 0 spiro atoms. The van der Waals surface area contributed by atoms with Gasteiger partial charge in [-0.3, -0.25) is 53.0 Å². The molecule has 0 aromatic heterocycles. The highest BCUT2D eigenvalue weighted by atomic mass is 32.7. The lowest BCUT2D eigenvalue weighted by molar-refractivity contribution is -0.139. The minimum atomic E-state index is -1.03. The molecule has 0 saturated heterocycles. The Labute approximate surface area is 376 Å². The predicted molar refractivity (Wildman–Crippen MR) is 251 cm³/mol. The first kappa shape index (κ1) is 69.1. The van der Waals surface area contributed by atoms with Crippen LogP contribution < -0.4 is 33.6 Å². The van der Waals surface area contributed by atoms with Gasteiger partial charge in [-0.05, 0) is 95.4 Å². The minimum Gasteiger partial charge on any atom is -0.480 e. The van der Waals surface area contributed by atoms with Crippen LogP contribution in [0.1, 0.15) is 121 Å². The lowest BCUT2D eigenvalue weighted by atomic mass is 10.1. The fourth-order valence-corrected chi connectivity index (χ4v) is 4.38. The fraction of sp³-hybridized carbons (Fsp3) is 0.667. The SMILES string of the molecule is C.C.C.CC.CC(=O)C(N)CCCCN.CC(=O)C(N)CCCCNC(=O)CCN1C(=O)C=CC1=O.NC(CCCCNC(=O)CCN1C(=O)C=CC1=O)C(=O)O.S=PP=S. The first-order chi connectivity index (χ1) is 27.4. The highest BCUT2D eigenvalue weighted by Gasteiger charge is 2.24. The third-order valence-corrected chi connectivity index (χ3v) is 10.5. The number of amides is 6. The monoisotopic (exact) mass is 940 g/mol. The van der Waals surface area contributed by atoms with Crippen LogP contribution in [0.2, 0.25) is 0 Å². The number of carbonyl (C=O) groups excluding carboxylic acids is 8. The number of imide groups is 2. The number of rotatable bonds is 24. The standard InChI is InChI=1S/C14H21N3O4.C13H19N3O5.C7H16N2O.C2H6.3CH4.P2S2/c1-10(18)11(15)4-2-3-8-16-12(19)7-9-17-13(20)5-6-14(17)21;14-9(13(20)21)3-1-2-7-15-10(17)6-8-16-11(18)4-5-12(16)19;1-6(10)7(9)4-2-3-5-8;1-2;;;;3-1-2-4/h5-6,11H,2-4,7-9,15H2,1H3,(H,16,19);4-5,9H,1-3,6-8,14H2,(H,15,17)(H,20,21);7H,2-5,8-9H2,1H3;1-2H3;3*1H4;. The Balaban J connectivity index is -0.000000178. The molecule has 0 aliphatic carbocycles. The van der Waals surface area contributed by atoms with E-state index in [-0.39, 0.29) is 89.4 Å². The molecule has 0 radical (unpaired) electrons. The molecule has 0 aromatic carbocycles. The summed E-state index contributed by atoms with van der Waals surface area (Å²) in [6, 6.07) is -1.58. The van der Waals surface area contributed by atoms with E-state index in [1.54, 1.807) is 0 Å². The molecule has 61 heavy (non-hydrogen) atoms. The number of carboxylic acids is 1. The van der Waals surface area contributed by atoms with Crippen molar-refractivity contribution in [2.24, 2.45) is 22.9 Å². The van der Waals surface area contributed by atoms with Gasteiger partial charge in [-0.1, -0.05) is 42.5 Å². The molecule has 3 unspecified atom stereocenters. The van der Waals surface area contributed by atoms with E-state index in [9.17, 15) is 43.2 Å². The summed E-state index contributed by atoms with van der Waals surface area (Å²) in [7, 11) is 1.74. The summed E-state index contributed by atoms with van der Waals surface area (Å²) in [4.78, 5) is 102. The number of hydrogen-bond acceptors (Lipinski definition) is 15. The van der Waals surface area contributed by atoms with Gasteiger partial charge in [0.2, 0.25) is 11.8 Å². The number of nitrogens with one attached hydrogen (secondary N) is 2. The maximum atomic E-state index is 11.6. The molecule has 11 N–H and O–H groups in total. The fourth-order valence-electron chi connectivity index (χ4n) is 4.38. The van der Waals surface area contributed by atoms with Gasteiger partial charge >= 0.3 is 5.97 Å². The number of ketones is 2. The van der Waals surface area contributed by atoms with Gasteiger partial charge < -0.3 is 38.7 Å². The number of nitrogens with two attached hydrogens (primary N) is 4. The van der Waals surface area contributed by atoms with Crippen molar-refractivity contribution in [2.45, 2.75) is 139 Å². The molecule has 0 bridgehead atoms. The average Bonchev–Trinajstić information content (AvgIpc) is 3.70. The van der Waals surface area contributed by atoms with Gasteiger partial charge in [-0.2, -0.15) is 0 Å². The van der Waals surface area contributed by atoms with Crippen molar-refractivity contribution in [1.29, 1.82) is 0 Å². The topological polar surface area (TPSA) is 308 Å². The molecule has 6 amide bonds. The minimum absolute atomic E-state index is 0. The van der Waals surface area contributed by atoms with Crippen molar-refractivity contribution in [3.05, 3.63) is 24.3 Å². The molecule has 2 rings (SSSR count). The second-order valence-corrected chi connectivity index (χ2v) is 16.6. The summed E-state index contributed by atoms with van der Waals surface area (Å²) in [6.07, 6.45) is 11.2. The van der Waals surface area contributed by atoms with Crippen molar-refractivity contribution >= 4 is 90.7 Å². The van der Waals surface area contributed by atoms with Crippen molar-refractivity contribution in [3.63, 3.8) is 0 Å². The number of unbranched alkanes of at least 4 members (excludes halogenated alkanes) is 3. The van der Waals surface area contributed by atoms with Crippen LogP contribution in [0.15, 0.2) is 24.3 Å². The number of carboxylic acid groups (broad SMARTS) is 1. The highest BCUT2D eigenvalue weighted by molar-refractivity contribution is 8.40. The molecule has 0 aromatic rings. The number of hydrogen-bond donors (Lipinski definition) is 7. The maximum absolute atomic E-state index is 11.6. The molecule has 3 atom stereocenters. The smallest absolute Gasteiger partial charge is 0.320 e. The lowest BCUT2D eigenvalue weighted by Crippen LogP contribution is -2.35. The summed E-state index contributed by atoms with van der Waals surface area (Å²) >= 11 is 8.82. The molecule has 2 aliphatic heterocycles. The van der Waals surface area contributed by atoms with Gasteiger partial charge in [-0.15, -0.1) is 0 Å². The van der Waals surface area contributed by atoms with Crippen molar-refractivity contribution in [2.75, 3.05) is 32.7 Å². The second kappa shape index (κ2) is 44.4. The number of aliphatic carboxylic acids is 1. The van der Waals surface area contributed by atoms with E-state index in [4.69, 9.17) is 28.0 Å². The lowest BCUT2D eigenvalue weighted by Gasteiger charge is -2.13. The van der Waals surface area contributed by atoms with Crippen LogP contribution in [0.5, 0.6) is 0 Å². The summed E-state index contributed by atoms with van der Waals surface area (Å²) < 4.78 is 0. The van der Waals surface area contributed by atoms with Crippen LogP contribution in [-0.4, -0.2) is 119 Å². The maximum Gasteiger partial charge on any atom is 0.320 e. The number of carbonyl (C=O) groups is 9. The van der Waals surface area contributed by atoms with E-state index in [0.29, 0.717) is 45.3 Å². The van der Waals surface area contributed by atoms with Gasteiger partial charge in [0, 0.05) is 77.4 Å². The average molecular weight is 941 g/mol. The third kappa shape index (κ3) is 37.8. The van der Waals surface area contributed by atoms with E-state index in [0.717, 1.165) is 56.0 Å². The molecule has 0 fully saturated rings. The Morgan fingerprint density at radius 1 is 0.607 bits per heavy atom. The zero-order valence-corrected chi connectivity index (χ0v) is 37.3. The molecule has 352 valence electrons. The molecular formula is C39H74N8O10P2S2. The Bertz CT molecular complexity index is 1300. The predicted octanol–water partition coefficient (Wildman–Crippen LogP) is 3.19. The van der Waals surface area contributed by atoms with Crippen LogP contribution in [0, 0.1) is 0 Å². The summed E-state index contributed by atoms with van der Waals surface area (Å²) in [5, 5.41) is 13.9. The molecule has 22 heteroatoms.